The van der Waals surface area contributed by atoms with Crippen LogP contribution in [0.3, 0.4) is 0 Å². The van der Waals surface area contributed by atoms with Gasteiger partial charge >= 0.3 is 19.3 Å². The molecule has 0 saturated carbocycles. The molecule has 1 unspecified atom stereocenters. The molecule has 6 rings (SSSR count). The summed E-state index contributed by atoms with van der Waals surface area (Å²) in [6, 6.07) is 5.75. The van der Waals surface area contributed by atoms with Gasteiger partial charge in [-0.3, -0.25) is 9.67 Å². The monoisotopic (exact) mass is 669 g/mol. The number of hydrogen-bond donors (Lipinski definition) is 0. The first-order valence-electron chi connectivity index (χ1n) is 12.9. The fourth-order valence-corrected chi connectivity index (χ4v) is 4.78. The van der Waals surface area contributed by atoms with Gasteiger partial charge in [-0.2, -0.15) is 50.7 Å². The van der Waals surface area contributed by atoms with Gasteiger partial charge in [0.05, 0.1) is 46.1 Å². The van der Waals surface area contributed by atoms with Gasteiger partial charge in [-0.15, -0.1) is 5.10 Å². The van der Waals surface area contributed by atoms with Gasteiger partial charge in [-0.1, -0.05) is 22.9 Å². The minimum atomic E-state index is -4.80. The molecule has 0 amide bonds. The highest BCUT2D eigenvalue weighted by atomic mass is 35.5. The lowest BCUT2D eigenvalue weighted by molar-refractivity contribution is -0.141. The Labute approximate surface area is 256 Å². The zero-order valence-electron chi connectivity index (χ0n) is 22.6. The first-order chi connectivity index (χ1) is 21.9. The Bertz CT molecular complexity index is 1980. The van der Waals surface area contributed by atoms with Crippen LogP contribution in [0.4, 0.5) is 35.1 Å². The van der Waals surface area contributed by atoms with Crippen molar-refractivity contribution < 1.29 is 35.1 Å². The summed E-state index contributed by atoms with van der Waals surface area (Å²) >= 11 is 6.00. The van der Waals surface area contributed by atoms with E-state index in [9.17, 15) is 30.7 Å². The van der Waals surface area contributed by atoms with Crippen LogP contribution in [-0.2, 0) is 12.6 Å². The molecule has 0 saturated heterocycles. The lowest BCUT2D eigenvalue weighted by Crippen LogP contribution is -2.16. The molecule has 1 atom stereocenters. The van der Waals surface area contributed by atoms with E-state index in [1.165, 1.54) is 47.5 Å². The van der Waals surface area contributed by atoms with E-state index in [2.05, 4.69) is 35.6 Å². The van der Waals surface area contributed by atoms with Crippen LogP contribution in [0.1, 0.15) is 36.2 Å². The molecule has 0 N–H and O–H groups in total. The van der Waals surface area contributed by atoms with Crippen molar-refractivity contribution in [2.75, 3.05) is 0 Å². The van der Waals surface area contributed by atoms with Crippen LogP contribution >= 0.6 is 11.6 Å². The summed E-state index contributed by atoms with van der Waals surface area (Å²) in [5, 5.41) is 17.9. The van der Waals surface area contributed by atoms with Crippen molar-refractivity contribution in [1.29, 1.82) is 0 Å². The second kappa shape index (κ2) is 12.0. The number of nitrogens with zero attached hydrogens (tertiary/aromatic N) is 11. The van der Waals surface area contributed by atoms with Crippen LogP contribution < -0.4 is 0 Å². The average Bonchev–Trinajstić information content (AvgIpc) is 3.83. The summed E-state index contributed by atoms with van der Waals surface area (Å²) in [4.78, 5) is 8.26. The lowest BCUT2D eigenvalue weighted by atomic mass is 10.0. The standard InChI is InChI=1S/C26H16ClF8N11/c27-16-2-4-18(45-11-20(40-42-45)26(33,34)35)21(22(16)28)13-1-3-17(36-8-13)19(7-15-5-6-43(41-15)24(29)30)44-10-14(9-38-44)23-37-12-39-46(23)25(31)32/h1-6,8-12,19,24-25H,7H2. The van der Waals surface area contributed by atoms with E-state index in [1.807, 2.05) is 0 Å². The van der Waals surface area contributed by atoms with Crippen molar-refractivity contribution in [3.05, 3.63) is 95.6 Å². The van der Waals surface area contributed by atoms with Crippen LogP contribution in [0, 0.1) is 5.82 Å². The summed E-state index contributed by atoms with van der Waals surface area (Å²) < 4.78 is 111. The van der Waals surface area contributed by atoms with E-state index in [-0.39, 0.29) is 51.0 Å². The third-order valence-corrected chi connectivity index (χ3v) is 7.01. The highest BCUT2D eigenvalue weighted by Crippen LogP contribution is 2.35. The molecule has 0 fully saturated rings. The van der Waals surface area contributed by atoms with E-state index >= 15 is 4.39 Å². The molecule has 0 aliphatic rings. The molecule has 0 bridgehead atoms. The van der Waals surface area contributed by atoms with E-state index in [4.69, 9.17) is 11.6 Å². The summed E-state index contributed by atoms with van der Waals surface area (Å²) in [6.07, 6.45) is 1.61. The maximum Gasteiger partial charge on any atom is 0.436 e. The van der Waals surface area contributed by atoms with Crippen molar-refractivity contribution in [2.45, 2.75) is 31.7 Å². The Morgan fingerprint density at radius 1 is 0.848 bits per heavy atom. The van der Waals surface area contributed by atoms with Gasteiger partial charge in [0.15, 0.2) is 17.3 Å². The van der Waals surface area contributed by atoms with Crippen LogP contribution in [-0.4, -0.2) is 54.3 Å². The van der Waals surface area contributed by atoms with Crippen LogP contribution in [0.25, 0.3) is 28.2 Å². The third-order valence-electron chi connectivity index (χ3n) is 6.72. The number of pyridine rings is 1. The summed E-state index contributed by atoms with van der Waals surface area (Å²) in [7, 11) is 0. The average molecular weight is 670 g/mol. The molecular weight excluding hydrogens is 654 g/mol. The molecule has 238 valence electrons. The normalized spacial score (nSPS) is 12.8. The molecule has 1 aromatic carbocycles. The van der Waals surface area contributed by atoms with Crippen LogP contribution in [0.2, 0.25) is 5.02 Å². The highest BCUT2D eigenvalue weighted by Gasteiger charge is 2.35. The number of alkyl halides is 7. The van der Waals surface area contributed by atoms with Gasteiger partial charge in [-0.25, -0.2) is 18.7 Å². The maximum atomic E-state index is 15.4. The Kier molecular flexibility index (Phi) is 8.01. The molecule has 0 spiro atoms. The molecule has 5 heterocycles. The van der Waals surface area contributed by atoms with Gasteiger partial charge in [0.1, 0.15) is 6.33 Å². The SMILES string of the molecule is Fc1c(Cl)ccc(-n2cc(C(F)(F)F)nn2)c1-c1ccc(C(Cc2ccn(C(F)F)n2)n2cc(-c3ncnn3C(F)F)cn2)nc1. The minimum Gasteiger partial charge on any atom is -0.263 e. The van der Waals surface area contributed by atoms with Crippen molar-refractivity contribution in [3.8, 4) is 28.2 Å². The van der Waals surface area contributed by atoms with Gasteiger partial charge < -0.3 is 0 Å². The number of rotatable bonds is 9. The zero-order chi connectivity index (χ0) is 32.7. The minimum absolute atomic E-state index is 0.0509. The summed E-state index contributed by atoms with van der Waals surface area (Å²) in [5.41, 5.74) is -0.935. The number of aromatic nitrogens is 11. The molecule has 0 aliphatic heterocycles. The Hall–Kier alpha value is -5.20. The van der Waals surface area contributed by atoms with Gasteiger partial charge in [0, 0.05) is 36.1 Å². The maximum absolute atomic E-state index is 15.4. The van der Waals surface area contributed by atoms with E-state index < -0.39 is 36.8 Å². The van der Waals surface area contributed by atoms with Crippen LogP contribution in [0.5, 0.6) is 0 Å². The van der Waals surface area contributed by atoms with Crippen molar-refractivity contribution in [2.24, 2.45) is 0 Å². The van der Waals surface area contributed by atoms with E-state index in [0.717, 1.165) is 23.3 Å². The molecule has 5 aromatic heterocycles. The first-order valence-corrected chi connectivity index (χ1v) is 13.3. The molecule has 6 aromatic rings. The molecule has 46 heavy (non-hydrogen) atoms. The predicted octanol–water partition coefficient (Wildman–Crippen LogP) is 6.41. The topological polar surface area (TPSA) is 110 Å². The predicted molar refractivity (Wildman–Crippen MR) is 142 cm³/mol. The smallest absolute Gasteiger partial charge is 0.263 e. The lowest BCUT2D eigenvalue weighted by Gasteiger charge is -2.17. The van der Waals surface area contributed by atoms with Crippen LogP contribution in [0.15, 0.2) is 67.6 Å². The number of benzene rings is 1. The van der Waals surface area contributed by atoms with Crippen molar-refractivity contribution in [3.63, 3.8) is 0 Å². The zero-order valence-corrected chi connectivity index (χ0v) is 23.4. The van der Waals surface area contributed by atoms with Crippen molar-refractivity contribution >= 4 is 11.6 Å². The Morgan fingerprint density at radius 2 is 1.65 bits per heavy atom. The van der Waals surface area contributed by atoms with E-state index in [0.29, 0.717) is 15.6 Å². The van der Waals surface area contributed by atoms with Gasteiger partial charge in [0.25, 0.3) is 0 Å². The quantitative estimate of drug-likeness (QED) is 0.164. The molecule has 20 heteroatoms. The van der Waals surface area contributed by atoms with Crippen molar-refractivity contribution in [1.82, 2.24) is 54.3 Å². The number of halogens is 9. The number of hydrogen-bond acceptors (Lipinski definition) is 7. The summed E-state index contributed by atoms with van der Waals surface area (Å²) in [6.45, 7) is -5.89. The fraction of sp³-hybridized carbons (Fsp3) is 0.192. The molecular formula is C26H16ClF8N11. The van der Waals surface area contributed by atoms with Gasteiger partial charge in [0.2, 0.25) is 0 Å². The highest BCUT2D eigenvalue weighted by molar-refractivity contribution is 6.31. The molecule has 0 radical (unpaired) electrons. The fourth-order valence-electron chi connectivity index (χ4n) is 4.62. The Morgan fingerprint density at radius 3 is 2.30 bits per heavy atom. The largest absolute Gasteiger partial charge is 0.436 e. The van der Waals surface area contributed by atoms with E-state index in [1.54, 1.807) is 0 Å². The summed E-state index contributed by atoms with van der Waals surface area (Å²) in [5.74, 6) is -1.15. The second-order valence-electron chi connectivity index (χ2n) is 9.57. The first kappa shape index (κ1) is 30.8. The third kappa shape index (κ3) is 5.92. The second-order valence-corrected chi connectivity index (χ2v) is 9.98. The molecule has 0 aliphatic carbocycles. The molecule has 11 nitrogen and oxygen atoms in total. The van der Waals surface area contributed by atoms with Gasteiger partial charge in [-0.05, 0) is 24.3 Å². The Balaban J connectivity index is 1.40.